The zero-order valence-electron chi connectivity index (χ0n) is 11.1. The SMILES string of the molecule is CCCC(NNc1ccc(Cl)cc1)=C(C)C(C)=N. The molecule has 98 valence electrons. The summed E-state index contributed by atoms with van der Waals surface area (Å²) in [6.45, 7) is 5.88. The first-order valence-electron chi connectivity index (χ1n) is 6.07. The van der Waals surface area contributed by atoms with Gasteiger partial charge in [0, 0.05) is 16.4 Å². The highest BCUT2D eigenvalue weighted by Gasteiger charge is 2.03. The molecule has 0 aromatic heterocycles. The van der Waals surface area contributed by atoms with E-state index >= 15 is 0 Å². The van der Waals surface area contributed by atoms with Gasteiger partial charge in [-0.25, -0.2) is 0 Å². The fourth-order valence-electron chi connectivity index (χ4n) is 1.50. The van der Waals surface area contributed by atoms with Crippen LogP contribution in [0.3, 0.4) is 0 Å². The molecule has 1 rings (SSSR count). The van der Waals surface area contributed by atoms with Gasteiger partial charge in [-0.2, -0.15) is 0 Å². The third kappa shape index (κ3) is 4.41. The van der Waals surface area contributed by atoms with E-state index in [0.717, 1.165) is 34.8 Å². The van der Waals surface area contributed by atoms with Crippen molar-refractivity contribution in [2.45, 2.75) is 33.6 Å². The number of hydrogen-bond donors (Lipinski definition) is 3. The molecular formula is C14H20ClN3. The molecule has 3 N–H and O–H groups in total. The topological polar surface area (TPSA) is 47.9 Å². The Labute approximate surface area is 114 Å². The molecule has 1 aromatic rings. The summed E-state index contributed by atoms with van der Waals surface area (Å²) < 4.78 is 0. The number of hydrogen-bond acceptors (Lipinski definition) is 3. The zero-order chi connectivity index (χ0) is 13.5. The van der Waals surface area contributed by atoms with Gasteiger partial charge in [0.25, 0.3) is 0 Å². The van der Waals surface area contributed by atoms with E-state index in [9.17, 15) is 0 Å². The second-order valence-corrected chi connectivity index (χ2v) is 4.67. The minimum absolute atomic E-state index is 0.587. The van der Waals surface area contributed by atoms with Crippen molar-refractivity contribution in [2.75, 3.05) is 5.43 Å². The standard InChI is InChI=1S/C14H20ClN3/c1-4-5-14(10(2)11(3)16)18-17-13-8-6-12(15)7-9-13/h6-9,16-18H,4-5H2,1-3H3. The average Bonchev–Trinajstić information content (AvgIpc) is 2.35. The Morgan fingerprint density at radius 3 is 2.33 bits per heavy atom. The predicted octanol–water partition coefficient (Wildman–Crippen LogP) is 4.37. The average molecular weight is 266 g/mol. The van der Waals surface area contributed by atoms with Crippen molar-refractivity contribution >= 4 is 23.0 Å². The maximum absolute atomic E-state index is 7.68. The molecule has 0 saturated carbocycles. The summed E-state index contributed by atoms with van der Waals surface area (Å²) in [5, 5.41) is 8.40. The first-order chi connectivity index (χ1) is 8.54. The summed E-state index contributed by atoms with van der Waals surface area (Å²) in [6, 6.07) is 7.49. The molecule has 0 aliphatic heterocycles. The summed E-state index contributed by atoms with van der Waals surface area (Å²) in [5.41, 5.74) is 9.89. The molecule has 0 unspecified atom stereocenters. The summed E-state index contributed by atoms with van der Waals surface area (Å²) in [4.78, 5) is 0. The van der Waals surface area contributed by atoms with Crippen molar-refractivity contribution in [3.05, 3.63) is 40.6 Å². The second kappa shape index (κ2) is 7.07. The minimum atomic E-state index is 0.587. The van der Waals surface area contributed by atoms with Crippen LogP contribution in [0.15, 0.2) is 35.5 Å². The van der Waals surface area contributed by atoms with Crippen LogP contribution in [0.2, 0.25) is 5.02 Å². The maximum atomic E-state index is 7.68. The number of hydrazine groups is 1. The lowest BCUT2D eigenvalue weighted by molar-refractivity contribution is 0.798. The Hall–Kier alpha value is -1.48. The summed E-state index contributed by atoms with van der Waals surface area (Å²) in [7, 11) is 0. The van der Waals surface area contributed by atoms with Crippen LogP contribution in [0, 0.1) is 5.41 Å². The van der Waals surface area contributed by atoms with Crippen molar-refractivity contribution in [3.63, 3.8) is 0 Å². The monoisotopic (exact) mass is 265 g/mol. The van der Waals surface area contributed by atoms with Crippen LogP contribution in [0.1, 0.15) is 33.6 Å². The normalized spacial score (nSPS) is 11.8. The van der Waals surface area contributed by atoms with Crippen LogP contribution < -0.4 is 10.9 Å². The highest BCUT2D eigenvalue weighted by molar-refractivity contribution is 6.30. The van der Waals surface area contributed by atoms with E-state index in [1.54, 1.807) is 6.92 Å². The van der Waals surface area contributed by atoms with Gasteiger partial charge >= 0.3 is 0 Å². The third-order valence-electron chi connectivity index (χ3n) is 2.72. The van der Waals surface area contributed by atoms with Crippen molar-refractivity contribution in [1.82, 2.24) is 5.43 Å². The van der Waals surface area contributed by atoms with E-state index in [2.05, 4.69) is 17.8 Å². The molecule has 0 amide bonds. The number of nitrogens with one attached hydrogen (secondary N) is 3. The van der Waals surface area contributed by atoms with Crippen LogP contribution in [-0.4, -0.2) is 5.71 Å². The van der Waals surface area contributed by atoms with Gasteiger partial charge in [0.2, 0.25) is 0 Å². The lowest BCUT2D eigenvalue weighted by atomic mass is 10.1. The van der Waals surface area contributed by atoms with Crippen molar-refractivity contribution in [1.29, 1.82) is 5.41 Å². The molecule has 0 saturated heterocycles. The quantitative estimate of drug-likeness (QED) is 0.528. The van der Waals surface area contributed by atoms with Crippen LogP contribution >= 0.6 is 11.6 Å². The van der Waals surface area contributed by atoms with Crippen molar-refractivity contribution < 1.29 is 0 Å². The first-order valence-corrected chi connectivity index (χ1v) is 6.45. The molecule has 3 nitrogen and oxygen atoms in total. The highest BCUT2D eigenvalue weighted by atomic mass is 35.5. The molecule has 18 heavy (non-hydrogen) atoms. The molecule has 1 aromatic carbocycles. The Morgan fingerprint density at radius 2 is 1.83 bits per heavy atom. The van der Waals surface area contributed by atoms with Gasteiger partial charge in [-0.05, 0) is 50.1 Å². The zero-order valence-corrected chi connectivity index (χ0v) is 11.9. The Morgan fingerprint density at radius 1 is 1.22 bits per heavy atom. The minimum Gasteiger partial charge on any atom is -0.305 e. The highest BCUT2D eigenvalue weighted by Crippen LogP contribution is 2.14. The van der Waals surface area contributed by atoms with Crippen molar-refractivity contribution in [3.8, 4) is 0 Å². The van der Waals surface area contributed by atoms with Crippen LogP contribution in [0.5, 0.6) is 0 Å². The Balaban J connectivity index is 2.71. The number of rotatable bonds is 6. The summed E-state index contributed by atoms with van der Waals surface area (Å²) in [6.07, 6.45) is 1.96. The van der Waals surface area contributed by atoms with E-state index in [1.165, 1.54) is 0 Å². The lowest BCUT2D eigenvalue weighted by Crippen LogP contribution is -2.23. The fourth-order valence-corrected chi connectivity index (χ4v) is 1.63. The molecule has 0 bridgehead atoms. The number of anilines is 1. The van der Waals surface area contributed by atoms with E-state index < -0.39 is 0 Å². The van der Waals surface area contributed by atoms with Gasteiger partial charge in [-0.1, -0.05) is 24.9 Å². The fraction of sp³-hybridized carbons (Fsp3) is 0.357. The molecule has 0 heterocycles. The molecule has 0 aliphatic carbocycles. The smallest absolute Gasteiger partial charge is 0.0540 e. The predicted molar refractivity (Wildman–Crippen MR) is 79.2 cm³/mol. The van der Waals surface area contributed by atoms with Gasteiger partial charge in [0.15, 0.2) is 0 Å². The van der Waals surface area contributed by atoms with E-state index in [-0.39, 0.29) is 0 Å². The molecule has 0 spiro atoms. The van der Waals surface area contributed by atoms with Gasteiger partial charge in [-0.15, -0.1) is 0 Å². The van der Waals surface area contributed by atoms with Gasteiger partial charge in [-0.3, -0.25) is 0 Å². The second-order valence-electron chi connectivity index (χ2n) is 4.24. The molecule has 0 aliphatic rings. The molecule has 0 fully saturated rings. The largest absolute Gasteiger partial charge is 0.305 e. The third-order valence-corrected chi connectivity index (χ3v) is 2.97. The molecule has 4 heteroatoms. The Bertz CT molecular complexity index is 435. The number of allylic oxidation sites excluding steroid dienone is 2. The summed E-state index contributed by atoms with van der Waals surface area (Å²) >= 11 is 5.83. The van der Waals surface area contributed by atoms with Gasteiger partial charge < -0.3 is 16.3 Å². The Kier molecular flexibility index (Phi) is 5.72. The maximum Gasteiger partial charge on any atom is 0.0540 e. The van der Waals surface area contributed by atoms with Crippen LogP contribution in [-0.2, 0) is 0 Å². The molecule has 0 atom stereocenters. The van der Waals surface area contributed by atoms with E-state index in [4.69, 9.17) is 17.0 Å². The van der Waals surface area contributed by atoms with Crippen LogP contribution in [0.25, 0.3) is 0 Å². The molecular weight excluding hydrogens is 246 g/mol. The first kappa shape index (κ1) is 14.6. The van der Waals surface area contributed by atoms with E-state index in [0.29, 0.717) is 5.71 Å². The number of halogens is 1. The van der Waals surface area contributed by atoms with E-state index in [1.807, 2.05) is 31.2 Å². The summed E-state index contributed by atoms with van der Waals surface area (Å²) in [5.74, 6) is 0. The molecule has 0 radical (unpaired) electrons. The van der Waals surface area contributed by atoms with Gasteiger partial charge in [0.05, 0.1) is 5.69 Å². The van der Waals surface area contributed by atoms with Gasteiger partial charge in [0.1, 0.15) is 0 Å². The lowest BCUT2D eigenvalue weighted by Gasteiger charge is -2.15. The van der Waals surface area contributed by atoms with Crippen LogP contribution in [0.4, 0.5) is 5.69 Å². The van der Waals surface area contributed by atoms with Crippen molar-refractivity contribution in [2.24, 2.45) is 0 Å². The number of benzene rings is 1.